The number of hydrogen-bond donors (Lipinski definition) is 1. The number of nitrogens with one attached hydrogen (secondary N) is 1. The average molecular weight is 353 g/mol. The second-order valence-electron chi connectivity index (χ2n) is 6.62. The summed E-state index contributed by atoms with van der Waals surface area (Å²) in [7, 11) is 0. The molecule has 2 heterocycles. The van der Waals surface area contributed by atoms with Crippen molar-refractivity contribution in [2.45, 2.75) is 38.3 Å². The fourth-order valence-corrected chi connectivity index (χ4v) is 3.51. The summed E-state index contributed by atoms with van der Waals surface area (Å²) in [6.45, 7) is 0.440. The third-order valence-electron chi connectivity index (χ3n) is 4.88. The molecule has 5 nitrogen and oxygen atoms in total. The van der Waals surface area contributed by atoms with E-state index in [-0.39, 0.29) is 17.8 Å². The molecule has 2 aromatic heterocycles. The van der Waals surface area contributed by atoms with Crippen LogP contribution in [0.4, 0.5) is 4.39 Å². The molecule has 1 N–H and O–H groups in total. The van der Waals surface area contributed by atoms with Gasteiger partial charge in [-0.3, -0.25) is 9.89 Å². The minimum absolute atomic E-state index is 0.113. The van der Waals surface area contributed by atoms with Crippen molar-refractivity contribution in [3.05, 3.63) is 66.0 Å². The second-order valence-corrected chi connectivity index (χ2v) is 6.62. The first-order valence-electron chi connectivity index (χ1n) is 8.85. The molecule has 134 valence electrons. The average Bonchev–Trinajstić information content (AvgIpc) is 3.42. The Morgan fingerprint density at radius 2 is 2.00 bits per heavy atom. The van der Waals surface area contributed by atoms with E-state index in [2.05, 4.69) is 10.2 Å². The standard InChI is InChI=1S/C20H20FN3O2/c21-15-9-7-14(8-10-15)18-12-19(23-22-18)20(25)24(16-4-1-2-5-16)13-17-6-3-11-26-17/h3,6-12,16H,1-2,4-5,13H2,(H,22,23). The van der Waals surface area contributed by atoms with E-state index in [1.54, 1.807) is 24.5 Å². The van der Waals surface area contributed by atoms with Gasteiger partial charge in [-0.05, 0) is 60.9 Å². The van der Waals surface area contributed by atoms with Crippen molar-refractivity contribution in [1.82, 2.24) is 15.1 Å². The van der Waals surface area contributed by atoms with Gasteiger partial charge in [-0.1, -0.05) is 12.8 Å². The smallest absolute Gasteiger partial charge is 0.275 e. The molecule has 0 bridgehead atoms. The van der Waals surface area contributed by atoms with Gasteiger partial charge in [0.05, 0.1) is 18.5 Å². The summed E-state index contributed by atoms with van der Waals surface area (Å²) in [5.74, 6) is 0.355. The Morgan fingerprint density at radius 3 is 2.69 bits per heavy atom. The minimum Gasteiger partial charge on any atom is -0.467 e. The van der Waals surface area contributed by atoms with Crippen LogP contribution in [0.25, 0.3) is 11.3 Å². The van der Waals surface area contributed by atoms with Gasteiger partial charge in [0.15, 0.2) is 5.69 Å². The van der Waals surface area contributed by atoms with Crippen molar-refractivity contribution >= 4 is 5.91 Å². The van der Waals surface area contributed by atoms with Gasteiger partial charge >= 0.3 is 0 Å². The molecular weight excluding hydrogens is 333 g/mol. The van der Waals surface area contributed by atoms with Crippen LogP contribution in [0.15, 0.2) is 53.1 Å². The lowest BCUT2D eigenvalue weighted by molar-refractivity contribution is 0.0643. The first-order valence-corrected chi connectivity index (χ1v) is 8.85. The van der Waals surface area contributed by atoms with Gasteiger partial charge in [-0.2, -0.15) is 5.10 Å². The van der Waals surface area contributed by atoms with Crippen LogP contribution in [0, 0.1) is 5.82 Å². The molecule has 1 aliphatic carbocycles. The monoisotopic (exact) mass is 353 g/mol. The molecule has 1 amide bonds. The van der Waals surface area contributed by atoms with Gasteiger partial charge in [0.2, 0.25) is 0 Å². The molecule has 0 spiro atoms. The molecule has 1 fully saturated rings. The molecule has 4 rings (SSSR count). The number of hydrogen-bond acceptors (Lipinski definition) is 3. The summed E-state index contributed by atoms with van der Waals surface area (Å²) >= 11 is 0. The highest BCUT2D eigenvalue weighted by molar-refractivity contribution is 5.93. The molecule has 0 saturated heterocycles. The quantitative estimate of drug-likeness (QED) is 0.740. The largest absolute Gasteiger partial charge is 0.467 e. The molecule has 0 aliphatic heterocycles. The molecule has 26 heavy (non-hydrogen) atoms. The Kier molecular flexibility index (Phi) is 4.56. The highest BCUT2D eigenvalue weighted by Crippen LogP contribution is 2.27. The molecule has 3 aromatic rings. The Balaban J connectivity index is 1.58. The van der Waals surface area contributed by atoms with Crippen LogP contribution in [-0.2, 0) is 6.54 Å². The van der Waals surface area contributed by atoms with Crippen LogP contribution in [0.2, 0.25) is 0 Å². The number of carbonyl (C=O) groups is 1. The van der Waals surface area contributed by atoms with E-state index in [4.69, 9.17) is 4.42 Å². The van der Waals surface area contributed by atoms with Gasteiger partial charge in [-0.15, -0.1) is 0 Å². The Morgan fingerprint density at radius 1 is 1.23 bits per heavy atom. The fourth-order valence-electron chi connectivity index (χ4n) is 3.51. The summed E-state index contributed by atoms with van der Waals surface area (Å²) in [5.41, 5.74) is 1.84. The van der Waals surface area contributed by atoms with Crippen molar-refractivity contribution in [1.29, 1.82) is 0 Å². The lowest BCUT2D eigenvalue weighted by Crippen LogP contribution is -2.38. The number of nitrogens with zero attached hydrogens (tertiary/aromatic N) is 2. The van der Waals surface area contributed by atoms with E-state index < -0.39 is 0 Å². The Labute approximate surface area is 150 Å². The number of benzene rings is 1. The predicted molar refractivity (Wildman–Crippen MR) is 94.8 cm³/mol. The van der Waals surface area contributed by atoms with Crippen molar-refractivity contribution in [3.63, 3.8) is 0 Å². The topological polar surface area (TPSA) is 62.1 Å². The van der Waals surface area contributed by atoms with Crippen LogP contribution in [0.3, 0.4) is 0 Å². The third kappa shape index (κ3) is 3.40. The van der Waals surface area contributed by atoms with Crippen LogP contribution >= 0.6 is 0 Å². The molecular formula is C20H20FN3O2. The van der Waals surface area contributed by atoms with Crippen LogP contribution in [0.1, 0.15) is 41.9 Å². The van der Waals surface area contributed by atoms with Gasteiger partial charge in [0.1, 0.15) is 11.6 Å². The van der Waals surface area contributed by atoms with Gasteiger partial charge in [0, 0.05) is 6.04 Å². The molecule has 1 aromatic carbocycles. The molecule has 0 radical (unpaired) electrons. The molecule has 1 saturated carbocycles. The number of carbonyl (C=O) groups excluding carboxylic acids is 1. The summed E-state index contributed by atoms with van der Waals surface area (Å²) < 4.78 is 18.5. The summed E-state index contributed by atoms with van der Waals surface area (Å²) in [6, 6.07) is 11.7. The summed E-state index contributed by atoms with van der Waals surface area (Å²) in [6.07, 6.45) is 5.89. The lowest BCUT2D eigenvalue weighted by Gasteiger charge is -2.27. The van der Waals surface area contributed by atoms with Gasteiger partial charge in [-0.25, -0.2) is 4.39 Å². The number of rotatable bonds is 5. The first-order chi connectivity index (χ1) is 12.7. The van der Waals surface area contributed by atoms with Crippen molar-refractivity contribution < 1.29 is 13.6 Å². The Bertz CT molecular complexity index is 865. The number of furan rings is 1. The zero-order chi connectivity index (χ0) is 17.9. The number of halogens is 1. The number of aromatic nitrogens is 2. The first kappa shape index (κ1) is 16.6. The molecule has 0 unspecified atom stereocenters. The zero-order valence-electron chi connectivity index (χ0n) is 14.3. The van der Waals surface area contributed by atoms with E-state index in [1.807, 2.05) is 17.0 Å². The second kappa shape index (κ2) is 7.15. The lowest BCUT2D eigenvalue weighted by atomic mass is 10.1. The fraction of sp³-hybridized carbons (Fsp3) is 0.300. The van der Waals surface area contributed by atoms with Crippen molar-refractivity contribution in [3.8, 4) is 11.3 Å². The maximum atomic E-state index is 13.1. The summed E-state index contributed by atoms with van der Waals surface area (Å²) in [4.78, 5) is 15.0. The van der Waals surface area contributed by atoms with Crippen LogP contribution in [0.5, 0.6) is 0 Å². The normalized spacial score (nSPS) is 14.7. The van der Waals surface area contributed by atoms with Gasteiger partial charge in [0.25, 0.3) is 5.91 Å². The van der Waals surface area contributed by atoms with E-state index in [9.17, 15) is 9.18 Å². The van der Waals surface area contributed by atoms with E-state index in [0.717, 1.165) is 37.0 Å². The maximum Gasteiger partial charge on any atom is 0.275 e. The maximum absolute atomic E-state index is 13.1. The summed E-state index contributed by atoms with van der Waals surface area (Å²) in [5, 5.41) is 7.08. The number of H-pyrrole nitrogens is 1. The SMILES string of the molecule is O=C(c1cc(-c2ccc(F)cc2)[nH]n1)N(Cc1ccco1)C1CCCC1. The minimum atomic E-state index is -0.296. The highest BCUT2D eigenvalue weighted by Gasteiger charge is 2.29. The molecule has 0 atom stereocenters. The predicted octanol–water partition coefficient (Wildman–Crippen LogP) is 4.39. The van der Waals surface area contributed by atoms with Gasteiger partial charge < -0.3 is 9.32 Å². The van der Waals surface area contributed by atoms with E-state index in [1.165, 1.54) is 12.1 Å². The molecule has 6 heteroatoms. The third-order valence-corrected chi connectivity index (χ3v) is 4.88. The Hall–Kier alpha value is -2.89. The zero-order valence-corrected chi connectivity index (χ0v) is 14.3. The van der Waals surface area contributed by atoms with Crippen LogP contribution in [-0.4, -0.2) is 27.0 Å². The van der Waals surface area contributed by atoms with E-state index >= 15 is 0 Å². The van der Waals surface area contributed by atoms with E-state index in [0.29, 0.717) is 17.9 Å². The number of amides is 1. The van der Waals surface area contributed by atoms with Crippen LogP contribution < -0.4 is 0 Å². The van der Waals surface area contributed by atoms with Crippen molar-refractivity contribution in [2.75, 3.05) is 0 Å². The number of aromatic amines is 1. The highest BCUT2D eigenvalue weighted by atomic mass is 19.1. The van der Waals surface area contributed by atoms with Crippen molar-refractivity contribution in [2.24, 2.45) is 0 Å². The molecule has 1 aliphatic rings.